The van der Waals surface area contributed by atoms with Crippen LogP contribution in [0.2, 0.25) is 5.02 Å². The van der Waals surface area contributed by atoms with E-state index in [4.69, 9.17) is 27.9 Å². The summed E-state index contributed by atoms with van der Waals surface area (Å²) >= 11 is 12.2. The van der Waals surface area contributed by atoms with Crippen LogP contribution in [0.1, 0.15) is 20.3 Å². The molecule has 1 unspecified atom stereocenters. The third kappa shape index (κ3) is 4.84. The molecule has 0 bridgehead atoms. The molecule has 0 amide bonds. The van der Waals surface area contributed by atoms with E-state index < -0.39 is 11.7 Å². The Balaban J connectivity index is 2.35. The van der Waals surface area contributed by atoms with E-state index in [1.165, 1.54) is 0 Å². The van der Waals surface area contributed by atoms with Crippen molar-refractivity contribution in [1.82, 2.24) is 0 Å². The molecule has 0 radical (unpaired) electrons. The molecule has 2 rings (SSSR count). The van der Waals surface area contributed by atoms with Gasteiger partial charge in [0, 0.05) is 22.2 Å². The van der Waals surface area contributed by atoms with Crippen molar-refractivity contribution < 1.29 is 14.6 Å². The van der Waals surface area contributed by atoms with Gasteiger partial charge in [0.15, 0.2) is 0 Å². The minimum absolute atomic E-state index is 0.0451. The predicted molar refractivity (Wildman–Crippen MR) is 101 cm³/mol. The maximum absolute atomic E-state index is 12.1. The quantitative estimate of drug-likeness (QED) is 0.598. The highest BCUT2D eigenvalue weighted by Crippen LogP contribution is 2.30. The number of ether oxygens (including phenoxy) is 1. The van der Waals surface area contributed by atoms with E-state index in [2.05, 4.69) is 4.99 Å². The molecule has 0 fully saturated rings. The standard InChI is InChI=1S/C18H20Cl2N2O3/c1-3-5-6-14(20)11-16-21-18(24,17(23)25-4-2)12-22(16)15-9-7-13(19)8-10-15/h3,5-10,24H,4,11-12H2,1-2H3/b5-3-,14-6+. The van der Waals surface area contributed by atoms with Crippen LogP contribution in [0.3, 0.4) is 0 Å². The second kappa shape index (κ2) is 8.52. The number of esters is 1. The van der Waals surface area contributed by atoms with Gasteiger partial charge in [0.1, 0.15) is 5.84 Å². The van der Waals surface area contributed by atoms with Gasteiger partial charge >= 0.3 is 5.97 Å². The van der Waals surface area contributed by atoms with E-state index in [9.17, 15) is 9.90 Å². The second-order valence-electron chi connectivity index (χ2n) is 5.44. The average molecular weight is 383 g/mol. The smallest absolute Gasteiger partial charge is 0.363 e. The fourth-order valence-electron chi connectivity index (χ4n) is 2.38. The van der Waals surface area contributed by atoms with Crippen LogP contribution in [0, 0.1) is 0 Å². The molecule has 25 heavy (non-hydrogen) atoms. The SMILES string of the molecule is C/C=C\C=C(\Cl)CC1=NC(O)(C(=O)OCC)CN1c1ccc(Cl)cc1. The van der Waals surface area contributed by atoms with Crippen molar-refractivity contribution in [3.8, 4) is 0 Å². The first-order valence-electron chi connectivity index (χ1n) is 7.88. The number of allylic oxidation sites excluding steroid dienone is 3. The lowest BCUT2D eigenvalue weighted by Gasteiger charge is -2.23. The molecular formula is C18H20Cl2N2O3. The number of aliphatic hydroxyl groups is 1. The van der Waals surface area contributed by atoms with Gasteiger partial charge in [-0.3, -0.25) is 0 Å². The second-order valence-corrected chi connectivity index (χ2v) is 6.37. The molecule has 7 heteroatoms. The molecule has 1 atom stereocenters. The molecule has 1 aromatic rings. The Hall–Kier alpha value is -1.82. The van der Waals surface area contributed by atoms with Gasteiger partial charge < -0.3 is 14.7 Å². The highest BCUT2D eigenvalue weighted by molar-refractivity contribution is 6.32. The van der Waals surface area contributed by atoms with Gasteiger partial charge in [0.2, 0.25) is 0 Å². The molecule has 1 heterocycles. The summed E-state index contributed by atoms with van der Waals surface area (Å²) in [5, 5.41) is 11.8. The number of β-amino-alcohol motifs (C(OH)–C–C–N with tert-alkyl or cyclic N) is 1. The Bertz CT molecular complexity index is 714. The third-order valence-electron chi connectivity index (χ3n) is 3.54. The summed E-state index contributed by atoms with van der Waals surface area (Å²) < 4.78 is 4.95. The minimum atomic E-state index is -1.96. The van der Waals surface area contributed by atoms with Gasteiger partial charge in [-0.05, 0) is 44.2 Å². The third-order valence-corrected chi connectivity index (χ3v) is 4.05. The first-order chi connectivity index (χ1) is 11.9. The van der Waals surface area contributed by atoms with Crippen LogP contribution in [0.25, 0.3) is 0 Å². The monoisotopic (exact) mass is 382 g/mol. The zero-order chi connectivity index (χ0) is 18.4. The number of amidine groups is 1. The van der Waals surface area contributed by atoms with Crippen LogP contribution < -0.4 is 4.90 Å². The zero-order valence-electron chi connectivity index (χ0n) is 14.1. The van der Waals surface area contributed by atoms with Crippen molar-refractivity contribution in [3.05, 3.63) is 52.5 Å². The Morgan fingerprint density at radius 2 is 2.12 bits per heavy atom. The van der Waals surface area contributed by atoms with Crippen LogP contribution in [-0.2, 0) is 9.53 Å². The van der Waals surface area contributed by atoms with Gasteiger partial charge in [0.05, 0.1) is 13.2 Å². The molecule has 0 aromatic heterocycles. The first kappa shape index (κ1) is 19.5. The number of hydrogen-bond acceptors (Lipinski definition) is 5. The van der Waals surface area contributed by atoms with Crippen molar-refractivity contribution in [3.63, 3.8) is 0 Å². The number of benzene rings is 1. The van der Waals surface area contributed by atoms with Gasteiger partial charge in [-0.15, -0.1) is 0 Å². The first-order valence-corrected chi connectivity index (χ1v) is 8.64. The summed E-state index contributed by atoms with van der Waals surface area (Å²) in [5.41, 5.74) is -1.21. The summed E-state index contributed by atoms with van der Waals surface area (Å²) in [7, 11) is 0. The minimum Gasteiger partial charge on any atom is -0.462 e. The summed E-state index contributed by atoms with van der Waals surface area (Å²) in [6.07, 6.45) is 5.68. The highest BCUT2D eigenvalue weighted by Gasteiger charge is 2.46. The molecule has 1 N–H and O–H groups in total. The number of halogens is 2. The van der Waals surface area contributed by atoms with Crippen molar-refractivity contribution >= 4 is 40.7 Å². The fraction of sp³-hybridized carbons (Fsp3) is 0.333. The zero-order valence-corrected chi connectivity index (χ0v) is 15.6. The number of anilines is 1. The topological polar surface area (TPSA) is 62.1 Å². The number of aliphatic imine (C=N–C) groups is 1. The lowest BCUT2D eigenvalue weighted by Crippen LogP contribution is -2.43. The molecule has 0 saturated heterocycles. The van der Waals surface area contributed by atoms with Gasteiger partial charge in [-0.2, -0.15) is 0 Å². The van der Waals surface area contributed by atoms with Crippen molar-refractivity contribution in [1.29, 1.82) is 0 Å². The molecule has 1 aromatic carbocycles. The summed E-state index contributed by atoms with van der Waals surface area (Å²) in [6.45, 7) is 3.67. The van der Waals surface area contributed by atoms with E-state index in [1.807, 2.05) is 19.1 Å². The van der Waals surface area contributed by atoms with E-state index in [0.29, 0.717) is 15.9 Å². The van der Waals surface area contributed by atoms with E-state index in [-0.39, 0.29) is 19.6 Å². The Morgan fingerprint density at radius 3 is 2.72 bits per heavy atom. The van der Waals surface area contributed by atoms with Crippen molar-refractivity contribution in [2.75, 3.05) is 18.1 Å². The maximum atomic E-state index is 12.1. The molecule has 0 spiro atoms. The van der Waals surface area contributed by atoms with Crippen molar-refractivity contribution in [2.24, 2.45) is 4.99 Å². The molecule has 0 aliphatic carbocycles. The molecule has 1 aliphatic rings. The predicted octanol–water partition coefficient (Wildman–Crippen LogP) is 3.90. The number of rotatable bonds is 6. The maximum Gasteiger partial charge on any atom is 0.363 e. The van der Waals surface area contributed by atoms with Crippen LogP contribution in [-0.4, -0.2) is 35.8 Å². The van der Waals surface area contributed by atoms with Crippen LogP contribution in [0.5, 0.6) is 0 Å². The Labute approximate surface area is 157 Å². The summed E-state index contributed by atoms with van der Waals surface area (Å²) in [4.78, 5) is 18.1. The Kier molecular flexibility index (Phi) is 6.64. The van der Waals surface area contributed by atoms with Crippen LogP contribution >= 0.6 is 23.2 Å². The normalized spacial score (nSPS) is 20.9. The van der Waals surface area contributed by atoms with E-state index in [1.54, 1.807) is 42.2 Å². The highest BCUT2D eigenvalue weighted by atomic mass is 35.5. The largest absolute Gasteiger partial charge is 0.462 e. The lowest BCUT2D eigenvalue weighted by atomic mass is 10.2. The average Bonchev–Trinajstić information content (AvgIpc) is 2.92. The number of carbonyl (C=O) groups is 1. The molecule has 134 valence electrons. The number of nitrogens with zero attached hydrogens (tertiary/aromatic N) is 2. The fourth-order valence-corrected chi connectivity index (χ4v) is 2.70. The van der Waals surface area contributed by atoms with Crippen molar-refractivity contribution in [2.45, 2.75) is 26.0 Å². The molecule has 1 aliphatic heterocycles. The molecule has 5 nitrogen and oxygen atoms in total. The summed E-state index contributed by atoms with van der Waals surface area (Å²) in [6, 6.07) is 7.04. The molecular weight excluding hydrogens is 363 g/mol. The number of carbonyl (C=O) groups excluding carboxylic acids is 1. The van der Waals surface area contributed by atoms with E-state index >= 15 is 0 Å². The van der Waals surface area contributed by atoms with Gasteiger partial charge in [0.25, 0.3) is 5.72 Å². The van der Waals surface area contributed by atoms with Crippen LogP contribution in [0.4, 0.5) is 5.69 Å². The Morgan fingerprint density at radius 1 is 1.44 bits per heavy atom. The lowest BCUT2D eigenvalue weighted by molar-refractivity contribution is -0.162. The molecule has 0 saturated carbocycles. The van der Waals surface area contributed by atoms with Gasteiger partial charge in [-0.25, -0.2) is 9.79 Å². The van der Waals surface area contributed by atoms with Gasteiger partial charge in [-0.1, -0.05) is 35.4 Å². The van der Waals surface area contributed by atoms with Crippen LogP contribution in [0.15, 0.2) is 52.5 Å². The van der Waals surface area contributed by atoms with E-state index in [0.717, 1.165) is 5.69 Å². The number of hydrogen-bond donors (Lipinski definition) is 1. The summed E-state index contributed by atoms with van der Waals surface area (Å²) in [5.74, 6) is -0.304.